The van der Waals surface area contributed by atoms with Gasteiger partial charge >= 0.3 is 6.09 Å². The highest BCUT2D eigenvalue weighted by atomic mass is 35.5. The van der Waals surface area contributed by atoms with E-state index >= 15 is 0 Å². The third kappa shape index (κ3) is 7.44. The molecule has 2 N–H and O–H groups in total. The van der Waals surface area contributed by atoms with Crippen molar-refractivity contribution in [1.82, 2.24) is 15.6 Å². The van der Waals surface area contributed by atoms with Gasteiger partial charge in [-0.15, -0.1) is 0 Å². The summed E-state index contributed by atoms with van der Waals surface area (Å²) in [5.41, 5.74) is 0.953. The first kappa shape index (κ1) is 23.3. The Kier molecular flexibility index (Phi) is 7.88. The fourth-order valence-electron chi connectivity index (χ4n) is 2.50. The summed E-state index contributed by atoms with van der Waals surface area (Å²) in [6.45, 7) is 5.71. The molecule has 0 bridgehead atoms. The number of amides is 2. The summed E-state index contributed by atoms with van der Waals surface area (Å²) >= 11 is 6.04. The Balaban J connectivity index is 2.03. The van der Waals surface area contributed by atoms with Crippen molar-refractivity contribution >= 4 is 23.6 Å². The molecule has 2 aromatic rings. The predicted octanol–water partition coefficient (Wildman–Crippen LogP) is 3.71. The van der Waals surface area contributed by atoms with Gasteiger partial charge in [0.2, 0.25) is 0 Å². The van der Waals surface area contributed by atoms with E-state index in [2.05, 4.69) is 15.6 Å². The van der Waals surface area contributed by atoms with Crippen LogP contribution >= 0.6 is 11.6 Å². The lowest BCUT2D eigenvalue weighted by atomic mass is 10.2. The lowest BCUT2D eigenvalue weighted by molar-refractivity contribution is 0.0523. The van der Waals surface area contributed by atoms with Gasteiger partial charge in [0, 0.05) is 19.2 Å². The number of carbonyl (C=O) groups excluding carboxylic acids is 2. The van der Waals surface area contributed by atoms with E-state index in [0.717, 1.165) is 5.56 Å². The van der Waals surface area contributed by atoms with Gasteiger partial charge < -0.3 is 24.8 Å². The van der Waals surface area contributed by atoms with Crippen molar-refractivity contribution < 1.29 is 23.8 Å². The Morgan fingerprint density at radius 2 is 1.50 bits per heavy atom. The number of methoxy groups -OCH3 is 2. The Labute approximate surface area is 180 Å². The minimum absolute atomic E-state index is 0.137. The van der Waals surface area contributed by atoms with Crippen LogP contribution in [0, 0.1) is 0 Å². The van der Waals surface area contributed by atoms with Crippen LogP contribution in [-0.4, -0.2) is 36.8 Å². The zero-order chi connectivity index (χ0) is 22.3. The van der Waals surface area contributed by atoms with Crippen molar-refractivity contribution in [3.63, 3.8) is 0 Å². The molecule has 0 aliphatic heterocycles. The third-order valence-corrected chi connectivity index (χ3v) is 3.98. The number of hydrogen-bond acceptors (Lipinski definition) is 6. The molecule has 0 spiro atoms. The zero-order valence-electron chi connectivity index (χ0n) is 17.7. The number of benzene rings is 1. The van der Waals surface area contributed by atoms with Crippen molar-refractivity contribution in [1.29, 1.82) is 0 Å². The lowest BCUT2D eigenvalue weighted by Gasteiger charge is -2.19. The molecule has 0 radical (unpaired) electrons. The molecule has 162 valence electrons. The molecule has 0 aliphatic rings. The van der Waals surface area contributed by atoms with E-state index in [0.29, 0.717) is 17.1 Å². The molecule has 1 heterocycles. The van der Waals surface area contributed by atoms with Crippen molar-refractivity contribution in [2.45, 2.75) is 39.5 Å². The number of ether oxygens (including phenoxy) is 3. The highest BCUT2D eigenvalue weighted by molar-refractivity contribution is 6.29. The molecule has 0 unspecified atom stereocenters. The number of hydrogen-bond donors (Lipinski definition) is 2. The number of rotatable bonds is 7. The number of nitrogens with zero attached hydrogens (tertiary/aromatic N) is 1. The lowest BCUT2D eigenvalue weighted by Crippen LogP contribution is -2.32. The van der Waals surface area contributed by atoms with Gasteiger partial charge in [-0.25, -0.2) is 9.78 Å². The molecule has 0 aliphatic carbocycles. The summed E-state index contributed by atoms with van der Waals surface area (Å²) in [5.74, 6) is 0.836. The number of alkyl carbamates (subject to hydrolysis) is 1. The van der Waals surface area contributed by atoms with Gasteiger partial charge in [0.25, 0.3) is 5.91 Å². The van der Waals surface area contributed by atoms with Gasteiger partial charge in [0.15, 0.2) is 0 Å². The molecule has 0 saturated heterocycles. The summed E-state index contributed by atoms with van der Waals surface area (Å²) in [7, 11) is 3.11. The highest BCUT2D eigenvalue weighted by Crippen LogP contribution is 2.22. The molecule has 0 saturated carbocycles. The molecule has 9 heteroatoms. The minimum Gasteiger partial charge on any atom is -0.497 e. The smallest absolute Gasteiger partial charge is 0.407 e. The van der Waals surface area contributed by atoms with Crippen molar-refractivity contribution in [2.24, 2.45) is 0 Å². The summed E-state index contributed by atoms with van der Waals surface area (Å²) in [6.07, 6.45) is -0.562. The van der Waals surface area contributed by atoms with Crippen molar-refractivity contribution in [3.8, 4) is 11.5 Å². The summed E-state index contributed by atoms with van der Waals surface area (Å²) in [6, 6.07) is 8.47. The van der Waals surface area contributed by atoms with Crippen LogP contribution in [0.4, 0.5) is 4.79 Å². The normalized spacial score (nSPS) is 10.9. The SMILES string of the molecule is COc1cc(CNC(=O)c2cc(CNC(=O)OC(C)(C)C)cc(Cl)n2)cc(OC)c1. The molecule has 1 aromatic carbocycles. The Morgan fingerprint density at radius 1 is 0.933 bits per heavy atom. The quantitative estimate of drug-likeness (QED) is 0.643. The largest absolute Gasteiger partial charge is 0.497 e. The van der Waals surface area contributed by atoms with E-state index in [9.17, 15) is 9.59 Å². The van der Waals surface area contributed by atoms with E-state index in [1.54, 1.807) is 65.3 Å². The monoisotopic (exact) mass is 435 g/mol. The topological polar surface area (TPSA) is 98.8 Å². The van der Waals surface area contributed by atoms with Crippen LogP contribution in [0.5, 0.6) is 11.5 Å². The van der Waals surface area contributed by atoms with Crippen LogP contribution in [0.1, 0.15) is 42.4 Å². The maximum atomic E-state index is 12.6. The highest BCUT2D eigenvalue weighted by Gasteiger charge is 2.16. The maximum Gasteiger partial charge on any atom is 0.407 e. The number of carbonyl (C=O) groups is 2. The van der Waals surface area contributed by atoms with Gasteiger partial charge in [-0.2, -0.15) is 0 Å². The molecule has 0 atom stereocenters. The average Bonchev–Trinajstić information content (AvgIpc) is 2.68. The predicted molar refractivity (Wildman–Crippen MR) is 113 cm³/mol. The molecule has 8 nitrogen and oxygen atoms in total. The first-order valence-electron chi connectivity index (χ1n) is 9.23. The Bertz CT molecular complexity index is 890. The average molecular weight is 436 g/mol. The van der Waals surface area contributed by atoms with Crippen LogP contribution in [0.25, 0.3) is 0 Å². The molecule has 0 fully saturated rings. The Morgan fingerprint density at radius 3 is 2.07 bits per heavy atom. The van der Waals surface area contributed by atoms with E-state index in [1.165, 1.54) is 0 Å². The van der Waals surface area contributed by atoms with Crippen LogP contribution in [-0.2, 0) is 17.8 Å². The standard InChI is InChI=1S/C21H26ClN3O5/c1-21(2,3)30-20(27)24-12-14-8-17(25-18(22)9-14)19(26)23-11-13-6-15(28-4)10-16(7-13)29-5/h6-10H,11-12H2,1-5H3,(H,23,26)(H,24,27). The fourth-order valence-corrected chi connectivity index (χ4v) is 2.73. The van der Waals surface area contributed by atoms with Gasteiger partial charge in [0.1, 0.15) is 27.9 Å². The number of aromatic nitrogens is 1. The maximum absolute atomic E-state index is 12.6. The third-order valence-electron chi connectivity index (χ3n) is 3.79. The summed E-state index contributed by atoms with van der Waals surface area (Å²) < 4.78 is 15.7. The molecular formula is C21H26ClN3O5. The first-order valence-corrected chi connectivity index (χ1v) is 9.61. The van der Waals surface area contributed by atoms with E-state index in [1.807, 2.05) is 0 Å². The zero-order valence-corrected chi connectivity index (χ0v) is 18.4. The van der Waals surface area contributed by atoms with E-state index < -0.39 is 17.6 Å². The Hall–Kier alpha value is -3.00. The number of halogens is 1. The molecule has 2 amide bonds. The van der Waals surface area contributed by atoms with Crippen molar-refractivity contribution in [2.75, 3.05) is 14.2 Å². The van der Waals surface area contributed by atoms with Crippen LogP contribution in [0.3, 0.4) is 0 Å². The van der Waals surface area contributed by atoms with Gasteiger partial charge in [-0.3, -0.25) is 4.79 Å². The molecule has 2 rings (SSSR count). The van der Waals surface area contributed by atoms with Gasteiger partial charge in [-0.05, 0) is 56.2 Å². The molecule has 1 aromatic heterocycles. The van der Waals surface area contributed by atoms with E-state index in [4.69, 9.17) is 25.8 Å². The van der Waals surface area contributed by atoms with Crippen LogP contribution < -0.4 is 20.1 Å². The summed E-state index contributed by atoms with van der Waals surface area (Å²) in [5, 5.41) is 5.56. The minimum atomic E-state index is -0.603. The van der Waals surface area contributed by atoms with Gasteiger partial charge in [0.05, 0.1) is 14.2 Å². The molecular weight excluding hydrogens is 410 g/mol. The number of nitrogens with one attached hydrogen (secondary N) is 2. The fraction of sp³-hybridized carbons (Fsp3) is 0.381. The first-order chi connectivity index (χ1) is 14.1. The number of pyridine rings is 1. The van der Waals surface area contributed by atoms with Crippen molar-refractivity contribution in [3.05, 3.63) is 52.3 Å². The van der Waals surface area contributed by atoms with Gasteiger partial charge in [-0.1, -0.05) is 11.6 Å². The second kappa shape index (κ2) is 10.2. The van der Waals surface area contributed by atoms with Crippen LogP contribution in [0.15, 0.2) is 30.3 Å². The van der Waals surface area contributed by atoms with E-state index in [-0.39, 0.29) is 23.9 Å². The van der Waals surface area contributed by atoms with Crippen LogP contribution in [0.2, 0.25) is 5.15 Å². The second-order valence-electron chi connectivity index (χ2n) is 7.44. The molecule has 30 heavy (non-hydrogen) atoms. The second-order valence-corrected chi connectivity index (χ2v) is 7.83. The summed E-state index contributed by atoms with van der Waals surface area (Å²) in [4.78, 5) is 28.4.